The van der Waals surface area contributed by atoms with Crippen LogP contribution in [0.5, 0.6) is 0 Å². The molecular formula is C9H19NO2. The maximum Gasteiger partial charge on any atom is 0.0700 e. The third-order valence-corrected chi connectivity index (χ3v) is 2.24. The smallest absolute Gasteiger partial charge is 0.0700 e. The number of piperidine rings is 1. The molecule has 0 aromatic heterocycles. The Labute approximate surface area is 74.4 Å². The highest BCUT2D eigenvalue weighted by Crippen LogP contribution is 2.11. The lowest BCUT2D eigenvalue weighted by atomic mass is 9.99. The topological polar surface area (TPSA) is 30.5 Å². The first kappa shape index (κ1) is 9.96. The predicted octanol–water partition coefficient (Wildman–Crippen LogP) is 0.649. The van der Waals surface area contributed by atoms with Crippen molar-refractivity contribution >= 4 is 0 Å². The summed E-state index contributed by atoms with van der Waals surface area (Å²) in [6.45, 7) is 4.66. The molecule has 1 heterocycles. The van der Waals surface area contributed by atoms with Gasteiger partial charge in [-0.3, -0.25) is 0 Å². The maximum atomic E-state index is 5.46. The summed E-state index contributed by atoms with van der Waals surface area (Å²) in [5.41, 5.74) is 0. The maximum absolute atomic E-state index is 5.46. The van der Waals surface area contributed by atoms with Crippen molar-refractivity contribution in [1.29, 1.82) is 0 Å². The SMILES string of the molecule is COCCOCC1CCNCC1. The van der Waals surface area contributed by atoms with Crippen LogP contribution < -0.4 is 5.32 Å². The van der Waals surface area contributed by atoms with E-state index in [0.29, 0.717) is 6.61 Å². The lowest BCUT2D eigenvalue weighted by molar-refractivity contribution is 0.0453. The zero-order valence-electron chi connectivity index (χ0n) is 7.84. The van der Waals surface area contributed by atoms with Crippen molar-refractivity contribution in [2.75, 3.05) is 40.0 Å². The Balaban J connectivity index is 1.91. The fourth-order valence-corrected chi connectivity index (χ4v) is 1.44. The van der Waals surface area contributed by atoms with E-state index < -0.39 is 0 Å². The summed E-state index contributed by atoms with van der Waals surface area (Å²) in [6, 6.07) is 0. The van der Waals surface area contributed by atoms with Gasteiger partial charge in [-0.25, -0.2) is 0 Å². The van der Waals surface area contributed by atoms with Gasteiger partial charge in [0.25, 0.3) is 0 Å². The molecule has 1 fully saturated rings. The Morgan fingerprint density at radius 3 is 2.67 bits per heavy atom. The largest absolute Gasteiger partial charge is 0.382 e. The van der Waals surface area contributed by atoms with E-state index in [-0.39, 0.29) is 0 Å². The Hall–Kier alpha value is -0.120. The predicted molar refractivity (Wildman–Crippen MR) is 48.3 cm³/mol. The number of nitrogens with one attached hydrogen (secondary N) is 1. The van der Waals surface area contributed by atoms with E-state index in [1.165, 1.54) is 12.8 Å². The van der Waals surface area contributed by atoms with E-state index in [1.807, 2.05) is 0 Å². The van der Waals surface area contributed by atoms with Gasteiger partial charge in [0.2, 0.25) is 0 Å². The van der Waals surface area contributed by atoms with Gasteiger partial charge >= 0.3 is 0 Å². The molecule has 0 aromatic carbocycles. The van der Waals surface area contributed by atoms with Gasteiger partial charge in [0.1, 0.15) is 0 Å². The number of hydrogen-bond acceptors (Lipinski definition) is 3. The molecule has 0 unspecified atom stereocenters. The van der Waals surface area contributed by atoms with Crippen LogP contribution in [0, 0.1) is 5.92 Å². The molecule has 0 saturated carbocycles. The van der Waals surface area contributed by atoms with Gasteiger partial charge in [-0.1, -0.05) is 0 Å². The molecule has 1 aliphatic heterocycles. The standard InChI is InChI=1S/C9H19NO2/c1-11-6-7-12-8-9-2-4-10-5-3-9/h9-10H,2-8H2,1H3. The van der Waals surface area contributed by atoms with Crippen LogP contribution in [-0.2, 0) is 9.47 Å². The van der Waals surface area contributed by atoms with Crippen LogP contribution in [-0.4, -0.2) is 40.0 Å². The monoisotopic (exact) mass is 173 g/mol. The third-order valence-electron chi connectivity index (χ3n) is 2.24. The lowest BCUT2D eigenvalue weighted by Crippen LogP contribution is -2.30. The van der Waals surface area contributed by atoms with Crippen LogP contribution in [0.25, 0.3) is 0 Å². The molecule has 1 aliphatic rings. The molecule has 72 valence electrons. The summed E-state index contributed by atoms with van der Waals surface area (Å²) in [4.78, 5) is 0. The van der Waals surface area contributed by atoms with E-state index in [4.69, 9.17) is 9.47 Å². The molecule has 1 saturated heterocycles. The van der Waals surface area contributed by atoms with Crippen LogP contribution in [0.3, 0.4) is 0 Å². The molecule has 0 aromatic rings. The highest BCUT2D eigenvalue weighted by atomic mass is 16.5. The van der Waals surface area contributed by atoms with Gasteiger partial charge in [0, 0.05) is 13.7 Å². The van der Waals surface area contributed by atoms with Crippen molar-refractivity contribution < 1.29 is 9.47 Å². The summed E-state index contributed by atoms with van der Waals surface area (Å²) in [5.74, 6) is 0.767. The van der Waals surface area contributed by atoms with Gasteiger partial charge in [0.05, 0.1) is 13.2 Å². The molecule has 0 spiro atoms. The second kappa shape index (κ2) is 6.40. The van der Waals surface area contributed by atoms with Crippen molar-refractivity contribution in [3.63, 3.8) is 0 Å². The number of methoxy groups -OCH3 is 1. The molecule has 1 N–H and O–H groups in total. The first-order valence-electron chi connectivity index (χ1n) is 4.71. The van der Waals surface area contributed by atoms with Gasteiger partial charge in [-0.15, -0.1) is 0 Å². The molecule has 3 heteroatoms. The lowest BCUT2D eigenvalue weighted by Gasteiger charge is -2.22. The minimum atomic E-state index is 0.713. The van der Waals surface area contributed by atoms with E-state index >= 15 is 0 Å². The summed E-state index contributed by atoms with van der Waals surface area (Å²) in [5, 5.41) is 3.34. The number of ether oxygens (including phenoxy) is 2. The molecule has 3 nitrogen and oxygen atoms in total. The average Bonchev–Trinajstić information content (AvgIpc) is 2.14. The van der Waals surface area contributed by atoms with Crippen molar-refractivity contribution in [3.05, 3.63) is 0 Å². The highest BCUT2D eigenvalue weighted by Gasteiger charge is 2.12. The van der Waals surface area contributed by atoms with Crippen molar-refractivity contribution in [3.8, 4) is 0 Å². The summed E-state index contributed by atoms with van der Waals surface area (Å²) < 4.78 is 10.4. The number of rotatable bonds is 5. The van der Waals surface area contributed by atoms with E-state index in [0.717, 1.165) is 32.2 Å². The highest BCUT2D eigenvalue weighted by molar-refractivity contribution is 4.67. The zero-order chi connectivity index (χ0) is 8.65. The van der Waals surface area contributed by atoms with Crippen LogP contribution >= 0.6 is 0 Å². The minimum absolute atomic E-state index is 0.713. The van der Waals surface area contributed by atoms with E-state index in [1.54, 1.807) is 7.11 Å². The molecule has 12 heavy (non-hydrogen) atoms. The van der Waals surface area contributed by atoms with Gasteiger partial charge in [-0.05, 0) is 31.8 Å². The summed E-state index contributed by atoms with van der Waals surface area (Å²) in [6.07, 6.45) is 2.51. The normalized spacial score (nSPS) is 19.8. The first-order valence-corrected chi connectivity index (χ1v) is 4.71. The second-order valence-corrected chi connectivity index (χ2v) is 3.26. The molecule has 0 radical (unpaired) electrons. The van der Waals surface area contributed by atoms with Crippen LogP contribution in [0.2, 0.25) is 0 Å². The van der Waals surface area contributed by atoms with Gasteiger partial charge < -0.3 is 14.8 Å². The third kappa shape index (κ3) is 4.04. The second-order valence-electron chi connectivity index (χ2n) is 3.26. The Morgan fingerprint density at radius 2 is 2.00 bits per heavy atom. The summed E-state index contributed by atoms with van der Waals surface area (Å²) >= 11 is 0. The van der Waals surface area contributed by atoms with Crippen LogP contribution in [0.4, 0.5) is 0 Å². The number of hydrogen-bond donors (Lipinski definition) is 1. The fraction of sp³-hybridized carbons (Fsp3) is 1.00. The first-order chi connectivity index (χ1) is 5.93. The quantitative estimate of drug-likeness (QED) is 0.619. The van der Waals surface area contributed by atoms with E-state index in [2.05, 4.69) is 5.32 Å². The Morgan fingerprint density at radius 1 is 1.25 bits per heavy atom. The van der Waals surface area contributed by atoms with Crippen LogP contribution in [0.15, 0.2) is 0 Å². The van der Waals surface area contributed by atoms with Gasteiger partial charge in [-0.2, -0.15) is 0 Å². The fourth-order valence-electron chi connectivity index (χ4n) is 1.44. The van der Waals surface area contributed by atoms with E-state index in [9.17, 15) is 0 Å². The molecular weight excluding hydrogens is 154 g/mol. The minimum Gasteiger partial charge on any atom is -0.382 e. The van der Waals surface area contributed by atoms with Gasteiger partial charge in [0.15, 0.2) is 0 Å². The zero-order valence-corrected chi connectivity index (χ0v) is 7.84. The Kier molecular flexibility index (Phi) is 5.32. The van der Waals surface area contributed by atoms with Crippen molar-refractivity contribution in [2.24, 2.45) is 5.92 Å². The van der Waals surface area contributed by atoms with Crippen molar-refractivity contribution in [2.45, 2.75) is 12.8 Å². The molecule has 0 bridgehead atoms. The van der Waals surface area contributed by atoms with Crippen LogP contribution in [0.1, 0.15) is 12.8 Å². The molecule has 0 aliphatic carbocycles. The molecule has 1 rings (SSSR count). The molecule has 0 amide bonds. The summed E-state index contributed by atoms with van der Waals surface area (Å²) in [7, 11) is 1.70. The molecule has 0 atom stereocenters. The van der Waals surface area contributed by atoms with Crippen molar-refractivity contribution in [1.82, 2.24) is 5.32 Å². The average molecular weight is 173 g/mol. The Bertz CT molecular complexity index is 103.